The lowest BCUT2D eigenvalue weighted by Gasteiger charge is -2.16. The van der Waals surface area contributed by atoms with Gasteiger partial charge in [-0.1, -0.05) is 24.3 Å². The second-order valence-electron chi connectivity index (χ2n) is 8.25. The number of benzene rings is 2. The number of carbonyl (C=O) groups excluding carboxylic acids is 2. The maximum absolute atomic E-state index is 13.8. The smallest absolute Gasteiger partial charge is 0.337 e. The fraction of sp³-hybridized carbons (Fsp3) is 0.320. The number of halogens is 2. The number of rotatable bonds is 8. The molecule has 1 aliphatic carbocycles. The molecule has 1 heterocycles. The zero-order valence-electron chi connectivity index (χ0n) is 19.0. The Hall–Kier alpha value is -3.75. The van der Waals surface area contributed by atoms with Gasteiger partial charge in [0.05, 0.1) is 18.7 Å². The summed E-state index contributed by atoms with van der Waals surface area (Å²) in [4.78, 5) is 24.8. The zero-order valence-corrected chi connectivity index (χ0v) is 19.0. The van der Waals surface area contributed by atoms with Gasteiger partial charge in [-0.2, -0.15) is 5.10 Å². The van der Waals surface area contributed by atoms with Crippen molar-refractivity contribution in [2.24, 2.45) is 7.05 Å². The Morgan fingerprint density at radius 3 is 2.47 bits per heavy atom. The number of carbonyl (C=O) groups is 2. The predicted octanol–water partition coefficient (Wildman–Crippen LogP) is 5.31. The highest BCUT2D eigenvalue weighted by Crippen LogP contribution is 2.41. The number of nitrogens with one attached hydrogen (secondary N) is 1. The van der Waals surface area contributed by atoms with Crippen molar-refractivity contribution >= 4 is 11.9 Å². The first-order chi connectivity index (χ1) is 16.3. The first-order valence-corrected chi connectivity index (χ1v) is 10.9. The Bertz CT molecular complexity index is 1200. The molecular weight excluding hydrogens is 444 g/mol. The average molecular weight is 469 g/mol. The number of amides is 1. The van der Waals surface area contributed by atoms with Gasteiger partial charge in [0.25, 0.3) is 12.3 Å². The second kappa shape index (κ2) is 9.62. The number of aromatic nitrogens is 2. The molecule has 1 atom stereocenters. The monoisotopic (exact) mass is 469 g/mol. The van der Waals surface area contributed by atoms with Crippen molar-refractivity contribution in [3.63, 3.8) is 0 Å². The van der Waals surface area contributed by atoms with Gasteiger partial charge in [-0.05, 0) is 61.1 Å². The summed E-state index contributed by atoms with van der Waals surface area (Å²) in [5.41, 5.74) is 1.20. The van der Waals surface area contributed by atoms with Crippen LogP contribution in [0.25, 0.3) is 0 Å². The van der Waals surface area contributed by atoms with Gasteiger partial charge in [0.2, 0.25) is 5.88 Å². The van der Waals surface area contributed by atoms with E-state index < -0.39 is 30.0 Å². The van der Waals surface area contributed by atoms with E-state index in [9.17, 15) is 18.4 Å². The summed E-state index contributed by atoms with van der Waals surface area (Å²) in [5, 5.41) is 6.57. The molecule has 9 heteroatoms. The van der Waals surface area contributed by atoms with Crippen molar-refractivity contribution in [2.75, 3.05) is 7.11 Å². The van der Waals surface area contributed by atoms with Crippen LogP contribution in [-0.4, -0.2) is 28.8 Å². The van der Waals surface area contributed by atoms with Gasteiger partial charge >= 0.3 is 5.97 Å². The van der Waals surface area contributed by atoms with Crippen LogP contribution in [0.5, 0.6) is 11.6 Å². The van der Waals surface area contributed by atoms with Gasteiger partial charge < -0.3 is 14.8 Å². The molecule has 3 aromatic rings. The molecule has 178 valence electrons. The van der Waals surface area contributed by atoms with Crippen molar-refractivity contribution in [1.29, 1.82) is 0 Å². The number of nitrogens with zero attached hydrogens (tertiary/aromatic N) is 2. The molecule has 0 spiro atoms. The van der Waals surface area contributed by atoms with Gasteiger partial charge in [0.1, 0.15) is 17.0 Å². The average Bonchev–Trinajstić information content (AvgIpc) is 3.63. The lowest BCUT2D eigenvalue weighted by molar-refractivity contribution is 0.0600. The maximum Gasteiger partial charge on any atom is 0.337 e. The largest absolute Gasteiger partial charge is 0.465 e. The highest BCUT2D eigenvalue weighted by molar-refractivity contribution is 5.98. The summed E-state index contributed by atoms with van der Waals surface area (Å²) in [6, 6.07) is 13.3. The van der Waals surface area contributed by atoms with Gasteiger partial charge in [-0.3, -0.25) is 4.79 Å². The molecule has 34 heavy (non-hydrogen) atoms. The van der Waals surface area contributed by atoms with Crippen molar-refractivity contribution in [2.45, 2.75) is 38.2 Å². The number of methoxy groups -OCH3 is 1. The van der Waals surface area contributed by atoms with Crippen molar-refractivity contribution < 1.29 is 27.8 Å². The molecule has 7 nitrogen and oxygen atoms in total. The summed E-state index contributed by atoms with van der Waals surface area (Å²) in [7, 11) is 2.74. The number of aryl methyl sites for hydroxylation is 1. The number of ether oxygens (including phenoxy) is 2. The number of hydrogen-bond donors (Lipinski definition) is 1. The molecule has 0 aliphatic heterocycles. The summed E-state index contributed by atoms with van der Waals surface area (Å²) in [5.74, 6) is -0.336. The van der Waals surface area contributed by atoms with E-state index in [1.54, 1.807) is 37.3 Å². The first-order valence-electron chi connectivity index (χ1n) is 10.9. The third kappa shape index (κ3) is 4.93. The molecule has 1 saturated carbocycles. The number of alkyl halides is 2. The number of esters is 1. The fourth-order valence-electron chi connectivity index (χ4n) is 3.75. The molecule has 1 aromatic heterocycles. The minimum absolute atomic E-state index is 0.0611. The Balaban J connectivity index is 1.59. The van der Waals surface area contributed by atoms with Crippen LogP contribution in [0.2, 0.25) is 0 Å². The van der Waals surface area contributed by atoms with E-state index in [1.807, 2.05) is 18.2 Å². The highest BCUT2D eigenvalue weighted by atomic mass is 19.3. The molecule has 1 aliphatic rings. The molecule has 1 N–H and O–H groups in total. The van der Waals surface area contributed by atoms with E-state index in [-0.39, 0.29) is 11.4 Å². The normalized spacial score (nSPS) is 14.1. The Kier molecular flexibility index (Phi) is 6.63. The minimum Gasteiger partial charge on any atom is -0.465 e. The summed E-state index contributed by atoms with van der Waals surface area (Å²) in [6.45, 7) is 1.71. The SMILES string of the molecule is COC(=O)c1ccc([C@H](C)NC(=O)c2c(C(F)F)nn(C)c2Oc2cccc(C3CC3)c2)cc1. The van der Waals surface area contributed by atoms with Crippen LogP contribution >= 0.6 is 0 Å². The van der Waals surface area contributed by atoms with Crippen LogP contribution in [-0.2, 0) is 11.8 Å². The van der Waals surface area contributed by atoms with E-state index in [2.05, 4.69) is 15.2 Å². The zero-order chi connectivity index (χ0) is 24.4. The quantitative estimate of drug-likeness (QED) is 0.453. The van der Waals surface area contributed by atoms with E-state index in [4.69, 9.17) is 4.74 Å². The molecule has 1 amide bonds. The van der Waals surface area contributed by atoms with E-state index in [0.717, 1.165) is 23.1 Å². The summed E-state index contributed by atoms with van der Waals surface area (Å²) < 4.78 is 39.3. The Morgan fingerprint density at radius 2 is 1.85 bits per heavy atom. The van der Waals surface area contributed by atoms with Crippen LogP contribution in [0.4, 0.5) is 8.78 Å². The molecular formula is C25H25F2N3O4. The lowest BCUT2D eigenvalue weighted by Crippen LogP contribution is -2.27. The fourth-order valence-corrected chi connectivity index (χ4v) is 3.75. The molecule has 0 saturated heterocycles. The molecule has 1 fully saturated rings. The van der Waals surface area contributed by atoms with Crippen LogP contribution in [0.15, 0.2) is 48.5 Å². The molecule has 4 rings (SSSR count). The standard InChI is InChI=1S/C25H25F2N3O4/c1-14(15-7-11-17(12-8-15)25(32)33-3)28-23(31)20-21(22(26)27)29-30(2)24(20)34-19-6-4-5-18(13-19)16-9-10-16/h4-8,11-14,16,22H,9-10H2,1-3H3,(H,28,31)/t14-/m0/s1. The van der Waals surface area contributed by atoms with Crippen LogP contribution < -0.4 is 10.1 Å². The van der Waals surface area contributed by atoms with E-state index in [0.29, 0.717) is 22.8 Å². The van der Waals surface area contributed by atoms with Crippen molar-refractivity contribution in [1.82, 2.24) is 15.1 Å². The predicted molar refractivity (Wildman–Crippen MR) is 120 cm³/mol. The Labute approximate surface area is 195 Å². The molecule has 0 radical (unpaired) electrons. The van der Waals surface area contributed by atoms with Crippen LogP contribution in [0.3, 0.4) is 0 Å². The minimum atomic E-state index is -2.96. The van der Waals surface area contributed by atoms with Gasteiger partial charge in [0, 0.05) is 7.05 Å². The van der Waals surface area contributed by atoms with E-state index >= 15 is 0 Å². The summed E-state index contributed by atoms with van der Waals surface area (Å²) >= 11 is 0. The second-order valence-corrected chi connectivity index (χ2v) is 8.25. The number of hydrogen-bond acceptors (Lipinski definition) is 5. The van der Waals surface area contributed by atoms with Crippen LogP contribution in [0, 0.1) is 0 Å². The molecule has 0 bridgehead atoms. The topological polar surface area (TPSA) is 82.5 Å². The molecule has 0 unspecified atom stereocenters. The van der Waals surface area contributed by atoms with Gasteiger partial charge in [0.15, 0.2) is 0 Å². The lowest BCUT2D eigenvalue weighted by atomic mass is 10.1. The first kappa shape index (κ1) is 23.4. The van der Waals surface area contributed by atoms with Crippen LogP contribution in [0.1, 0.15) is 75.7 Å². The van der Waals surface area contributed by atoms with Gasteiger partial charge in [-0.15, -0.1) is 0 Å². The molecule has 2 aromatic carbocycles. The van der Waals surface area contributed by atoms with Crippen molar-refractivity contribution in [3.8, 4) is 11.6 Å². The maximum atomic E-state index is 13.8. The third-order valence-electron chi connectivity index (χ3n) is 5.76. The third-order valence-corrected chi connectivity index (χ3v) is 5.76. The Morgan fingerprint density at radius 1 is 1.15 bits per heavy atom. The van der Waals surface area contributed by atoms with Gasteiger partial charge in [-0.25, -0.2) is 18.3 Å². The van der Waals surface area contributed by atoms with Crippen molar-refractivity contribution in [3.05, 3.63) is 76.5 Å². The summed E-state index contributed by atoms with van der Waals surface area (Å²) in [6.07, 6.45) is -0.745. The highest BCUT2D eigenvalue weighted by Gasteiger charge is 2.31. The van der Waals surface area contributed by atoms with E-state index in [1.165, 1.54) is 14.2 Å².